The van der Waals surface area contributed by atoms with Crippen molar-refractivity contribution in [2.45, 2.75) is 35.1 Å². The topological polar surface area (TPSA) is 3.24 Å². The molecule has 0 fully saturated rings. The summed E-state index contributed by atoms with van der Waals surface area (Å²) >= 11 is 0. The highest BCUT2D eigenvalue weighted by molar-refractivity contribution is 4.66. The van der Waals surface area contributed by atoms with Crippen LogP contribution in [0.25, 0.3) is 0 Å². The molecular weight excluding hydrogens is 146 g/mol. The fourth-order valence-corrected chi connectivity index (χ4v) is 1.40. The molecule has 0 saturated carbocycles. The second kappa shape index (κ2) is 6.47. The van der Waals surface area contributed by atoms with Gasteiger partial charge in [-0.25, -0.2) is 0 Å². The van der Waals surface area contributed by atoms with Crippen LogP contribution in [0.4, 0.5) is 0 Å². The summed E-state index contributed by atoms with van der Waals surface area (Å²) < 4.78 is 0. The maximum atomic E-state index is 2.35. The van der Waals surface area contributed by atoms with E-state index in [0.29, 0.717) is 0 Å². The summed E-state index contributed by atoms with van der Waals surface area (Å²) in [4.78, 5) is 2.27. The van der Waals surface area contributed by atoms with Gasteiger partial charge in [0.05, 0.1) is 0 Å². The predicted octanol–water partition coefficient (Wildman–Crippen LogP) is 3.11. The number of rotatable bonds is 4. The van der Waals surface area contributed by atoms with Gasteiger partial charge in [0.2, 0.25) is 0 Å². The monoisotopic (exact) mass is 173 g/mol. The molecule has 2 atom stereocenters. The molecule has 0 heterocycles. The first-order chi connectivity index (χ1) is 4.95. The summed E-state index contributed by atoms with van der Waals surface area (Å²) in [6.45, 7) is 10.5. The molecule has 0 saturated heterocycles. The average Bonchev–Trinajstić information content (AvgIpc) is 1.84. The highest BCUT2D eigenvalue weighted by Gasteiger charge is 2.15. The Bertz CT molecular complexity index is 97.2. The van der Waals surface area contributed by atoms with Gasteiger partial charge in [0.15, 0.2) is 0 Å². The van der Waals surface area contributed by atoms with E-state index in [-0.39, 0.29) is 7.43 Å². The van der Waals surface area contributed by atoms with Gasteiger partial charge in [-0.2, -0.15) is 0 Å². The van der Waals surface area contributed by atoms with E-state index < -0.39 is 0 Å². The molecule has 0 aliphatic heterocycles. The summed E-state index contributed by atoms with van der Waals surface area (Å²) in [5.74, 6) is 2.45. The molecule has 0 aromatic rings. The van der Waals surface area contributed by atoms with Crippen molar-refractivity contribution in [3.05, 3.63) is 0 Å². The lowest BCUT2D eigenvalue weighted by Crippen LogP contribution is -2.26. The van der Waals surface area contributed by atoms with Crippen LogP contribution in [0.3, 0.4) is 0 Å². The number of hydrogen-bond donors (Lipinski definition) is 0. The van der Waals surface area contributed by atoms with Gasteiger partial charge in [0.1, 0.15) is 0 Å². The van der Waals surface area contributed by atoms with Crippen molar-refractivity contribution in [2.24, 2.45) is 17.8 Å². The Morgan fingerprint density at radius 3 is 1.67 bits per heavy atom. The Morgan fingerprint density at radius 1 is 1.00 bits per heavy atom. The molecule has 0 rings (SSSR count). The van der Waals surface area contributed by atoms with Gasteiger partial charge < -0.3 is 4.90 Å². The van der Waals surface area contributed by atoms with E-state index >= 15 is 0 Å². The van der Waals surface area contributed by atoms with Crippen LogP contribution in [0.1, 0.15) is 35.1 Å². The molecule has 12 heavy (non-hydrogen) atoms. The first-order valence-electron chi connectivity index (χ1n) is 4.59. The maximum absolute atomic E-state index is 2.35. The van der Waals surface area contributed by atoms with Crippen LogP contribution in [0.2, 0.25) is 0 Å². The van der Waals surface area contributed by atoms with Gasteiger partial charge in [0.25, 0.3) is 0 Å². The molecule has 1 heteroatoms. The molecule has 76 valence electrons. The van der Waals surface area contributed by atoms with Crippen molar-refractivity contribution in [1.82, 2.24) is 4.90 Å². The second-order valence-electron chi connectivity index (χ2n) is 4.34. The van der Waals surface area contributed by atoms with Crippen LogP contribution in [-0.2, 0) is 0 Å². The normalized spacial score (nSPS) is 16.0. The molecule has 0 radical (unpaired) electrons. The second-order valence-corrected chi connectivity index (χ2v) is 4.34. The Balaban J connectivity index is 0. The smallest absolute Gasteiger partial charge is 0.000356 e. The number of nitrogens with zero attached hydrogens (tertiary/aromatic N) is 1. The minimum Gasteiger partial charge on any atom is -0.309 e. The lowest BCUT2D eigenvalue weighted by atomic mass is 9.86. The summed E-state index contributed by atoms with van der Waals surface area (Å²) in [7, 11) is 4.28. The van der Waals surface area contributed by atoms with Crippen molar-refractivity contribution < 1.29 is 0 Å². The van der Waals surface area contributed by atoms with E-state index in [0.717, 1.165) is 17.8 Å². The molecule has 0 aliphatic rings. The van der Waals surface area contributed by atoms with Crippen molar-refractivity contribution >= 4 is 0 Å². The molecule has 0 amide bonds. The van der Waals surface area contributed by atoms with Crippen molar-refractivity contribution in [1.29, 1.82) is 0 Å². The zero-order valence-corrected chi connectivity index (χ0v) is 8.89. The molecule has 0 spiro atoms. The van der Waals surface area contributed by atoms with Gasteiger partial charge in [-0.15, -0.1) is 0 Å². The van der Waals surface area contributed by atoms with Crippen LogP contribution in [-0.4, -0.2) is 25.5 Å². The van der Waals surface area contributed by atoms with E-state index in [1.807, 2.05) is 0 Å². The van der Waals surface area contributed by atoms with Crippen LogP contribution < -0.4 is 0 Å². The summed E-state index contributed by atoms with van der Waals surface area (Å²) in [5, 5.41) is 0. The van der Waals surface area contributed by atoms with E-state index in [1.54, 1.807) is 0 Å². The predicted molar refractivity (Wildman–Crippen MR) is 58.5 cm³/mol. The third-order valence-electron chi connectivity index (χ3n) is 2.60. The lowest BCUT2D eigenvalue weighted by molar-refractivity contribution is 0.231. The van der Waals surface area contributed by atoms with Crippen molar-refractivity contribution in [2.75, 3.05) is 20.6 Å². The summed E-state index contributed by atoms with van der Waals surface area (Å²) in [6.07, 6.45) is 0. The lowest BCUT2D eigenvalue weighted by Gasteiger charge is -2.25. The first kappa shape index (κ1) is 14.5. The highest BCUT2D eigenvalue weighted by atomic mass is 15.1. The zero-order valence-electron chi connectivity index (χ0n) is 8.89. The molecule has 0 N–H and O–H groups in total. The van der Waals surface area contributed by atoms with Crippen LogP contribution >= 0.6 is 0 Å². The third-order valence-corrected chi connectivity index (χ3v) is 2.60. The van der Waals surface area contributed by atoms with E-state index in [9.17, 15) is 0 Å². The maximum Gasteiger partial charge on any atom is 0.000356 e. The molecule has 0 aromatic carbocycles. The fraction of sp³-hybridized carbons (Fsp3) is 1.00. The van der Waals surface area contributed by atoms with E-state index in [2.05, 4.69) is 46.7 Å². The van der Waals surface area contributed by atoms with Gasteiger partial charge in [0, 0.05) is 6.54 Å². The van der Waals surface area contributed by atoms with E-state index in [4.69, 9.17) is 0 Å². The van der Waals surface area contributed by atoms with Gasteiger partial charge in [-0.05, 0) is 31.8 Å². The van der Waals surface area contributed by atoms with Crippen molar-refractivity contribution in [3.63, 3.8) is 0 Å². The van der Waals surface area contributed by atoms with Crippen LogP contribution in [0.15, 0.2) is 0 Å². The summed E-state index contributed by atoms with van der Waals surface area (Å²) in [5.41, 5.74) is 0. The van der Waals surface area contributed by atoms with Gasteiger partial charge in [-0.1, -0.05) is 35.1 Å². The third kappa shape index (κ3) is 5.59. The molecule has 0 aromatic heterocycles. The minimum absolute atomic E-state index is 0. The molecule has 0 aliphatic carbocycles. The first-order valence-corrected chi connectivity index (χ1v) is 4.59. The zero-order chi connectivity index (χ0) is 9.02. The largest absolute Gasteiger partial charge is 0.309 e. The SMILES string of the molecule is C.CC(C)C(C)[C@@H](C)CN(C)C. The standard InChI is InChI=1S/C10H23N.CH4/c1-8(2)10(4)9(3)7-11(5)6;/h8-10H,7H2,1-6H3;1H4/t9-,10?;/m0./s1. The highest BCUT2D eigenvalue weighted by Crippen LogP contribution is 2.19. The van der Waals surface area contributed by atoms with Crippen LogP contribution in [0.5, 0.6) is 0 Å². The van der Waals surface area contributed by atoms with Gasteiger partial charge in [-0.3, -0.25) is 0 Å². The summed E-state index contributed by atoms with van der Waals surface area (Å²) in [6, 6.07) is 0. The van der Waals surface area contributed by atoms with Crippen molar-refractivity contribution in [3.8, 4) is 0 Å². The molecule has 1 nitrogen and oxygen atoms in total. The minimum atomic E-state index is 0. The number of hydrogen-bond acceptors (Lipinski definition) is 1. The quantitative estimate of drug-likeness (QED) is 0.631. The Hall–Kier alpha value is -0.0400. The molecular formula is C11H27N. The van der Waals surface area contributed by atoms with Gasteiger partial charge >= 0.3 is 0 Å². The Morgan fingerprint density at radius 2 is 1.42 bits per heavy atom. The van der Waals surface area contributed by atoms with E-state index in [1.165, 1.54) is 6.54 Å². The van der Waals surface area contributed by atoms with Crippen LogP contribution in [0, 0.1) is 17.8 Å². The fourth-order valence-electron chi connectivity index (χ4n) is 1.40. The molecule has 1 unspecified atom stereocenters. The Kier molecular flexibility index (Phi) is 7.81. The Labute approximate surface area is 79.2 Å². The average molecular weight is 173 g/mol. The molecule has 0 bridgehead atoms.